The zero-order valence-corrected chi connectivity index (χ0v) is 29.3. The summed E-state index contributed by atoms with van der Waals surface area (Å²) < 4.78 is 0. The molecule has 2 saturated heterocycles. The quantitative estimate of drug-likeness (QED) is 0.199. The first-order valence-corrected chi connectivity index (χ1v) is 12.9. The molecule has 0 aliphatic carbocycles. The summed E-state index contributed by atoms with van der Waals surface area (Å²) in [4.78, 5) is 28.7. The van der Waals surface area contributed by atoms with Crippen molar-refractivity contribution < 1.29 is 75.0 Å². The second-order valence-corrected chi connectivity index (χ2v) is 11.0. The Morgan fingerprint density at radius 1 is 0.886 bits per heavy atom. The van der Waals surface area contributed by atoms with Gasteiger partial charge in [0, 0.05) is 77.5 Å². The van der Waals surface area contributed by atoms with E-state index in [0.717, 1.165) is 25.9 Å². The molecule has 0 unspecified atom stereocenters. The molecule has 2 radical (unpaired) electrons. The van der Waals surface area contributed by atoms with Crippen LogP contribution in [-0.4, -0.2) is 83.0 Å². The van der Waals surface area contributed by atoms with Gasteiger partial charge in [-0.15, -0.1) is 0 Å². The number of rotatable bonds is 10. The Balaban J connectivity index is 0. The summed E-state index contributed by atoms with van der Waals surface area (Å²) in [6.45, 7) is 20.9. The Bertz CT molecular complexity index is 598. The normalized spacial score (nSPS) is 19.0. The molecule has 0 aromatic rings. The van der Waals surface area contributed by atoms with Crippen molar-refractivity contribution in [1.82, 2.24) is 14.7 Å². The van der Waals surface area contributed by atoms with E-state index in [1.54, 1.807) is 0 Å². The van der Waals surface area contributed by atoms with Crippen LogP contribution in [0, 0.1) is 11.8 Å². The van der Waals surface area contributed by atoms with Gasteiger partial charge in [0.2, 0.25) is 0 Å². The zero-order valence-electron chi connectivity index (χ0n) is 23.6. The molecule has 0 bridgehead atoms. The molecule has 0 atom stereocenters. The molecule has 0 spiro atoms. The van der Waals surface area contributed by atoms with Gasteiger partial charge in [-0.2, -0.15) is 25.7 Å². The topological polar surface area (TPSA) is 66.2 Å². The number of hydrogen-bond acceptors (Lipinski definition) is 4. The van der Waals surface area contributed by atoms with E-state index in [1.165, 1.54) is 36.7 Å². The van der Waals surface area contributed by atoms with Gasteiger partial charge in [-0.25, -0.2) is 12.0 Å². The number of likely N-dealkylation sites (tertiary alicyclic amines) is 2. The van der Waals surface area contributed by atoms with Gasteiger partial charge in [0.25, 0.3) is 0 Å². The van der Waals surface area contributed by atoms with Crippen molar-refractivity contribution in [3.63, 3.8) is 0 Å². The van der Waals surface area contributed by atoms with E-state index in [4.69, 9.17) is 0 Å². The molecule has 0 aromatic heterocycles. The van der Waals surface area contributed by atoms with E-state index in [0.29, 0.717) is 36.6 Å². The maximum atomic E-state index is 11.3. The molecule has 0 N–H and O–H groups in total. The van der Waals surface area contributed by atoms with Crippen LogP contribution in [0.25, 0.3) is 5.41 Å². The largest absolute Gasteiger partial charge is 0.813 e. The van der Waals surface area contributed by atoms with Crippen molar-refractivity contribution in [3.8, 4) is 0 Å². The molecule has 2 rings (SSSR count). The monoisotopic (exact) mass is 638 g/mol. The van der Waals surface area contributed by atoms with Crippen LogP contribution in [0.15, 0.2) is 0 Å². The molecule has 0 aromatic carbocycles. The van der Waals surface area contributed by atoms with Gasteiger partial charge in [0.15, 0.2) is 0 Å². The van der Waals surface area contributed by atoms with Crippen molar-refractivity contribution >= 4 is 18.4 Å². The number of carbonyl (C=O) groups excluding carboxylic acids is 2. The first-order valence-electron chi connectivity index (χ1n) is 12.9. The van der Waals surface area contributed by atoms with Crippen LogP contribution in [-0.2, 0) is 75.0 Å². The second kappa shape index (κ2) is 19.1. The Morgan fingerprint density at radius 2 is 1.34 bits per heavy atom. The minimum Gasteiger partial charge on any atom is -0.813 e. The summed E-state index contributed by atoms with van der Waals surface area (Å²) >= 11 is 0. The number of amides is 1. The molecule has 0 saturated carbocycles. The summed E-state index contributed by atoms with van der Waals surface area (Å²) in [5, 5.41) is 9.83. The van der Waals surface area contributed by atoms with Crippen LogP contribution >= 0.6 is 0 Å². The summed E-state index contributed by atoms with van der Waals surface area (Å²) in [5.41, 5.74) is -0.0793. The average molecular weight is 639 g/mol. The third-order valence-corrected chi connectivity index (χ3v) is 6.95. The maximum Gasteiger partial charge on any atom is 0.00385 e. The van der Waals surface area contributed by atoms with Crippen molar-refractivity contribution in [3.05, 3.63) is 11.3 Å². The van der Waals surface area contributed by atoms with Gasteiger partial charge >= 0.3 is 0 Å². The first-order chi connectivity index (χ1) is 15.5. The van der Waals surface area contributed by atoms with E-state index in [-0.39, 0.29) is 71.5 Å². The van der Waals surface area contributed by atoms with Gasteiger partial charge in [-0.3, -0.25) is 0 Å². The number of piperidine rings is 2. The molecule has 6 nitrogen and oxygen atoms in total. The predicted octanol–water partition coefficient (Wildman–Crippen LogP) is 4.62. The Kier molecular flexibility index (Phi) is 20.8. The maximum absolute atomic E-state index is 11.3. The standard InChI is InChI=1S/C14H26N2.C13H22N2O2.2Y/c1-11(2)9-14(15)10-13-5-7-16(8-6-13)12(3)4;1-11(2)14-7-5-13(9-16,6-8-14)15(10-17)12(3)4;;/h11-12H,5-10H2,1-4H3;11-12H,5-8H2,1-4H3;;/q2*-2;;. The van der Waals surface area contributed by atoms with Crippen LogP contribution < -0.4 is 0 Å². The molecule has 2 heterocycles. The molecular weight excluding hydrogens is 590 g/mol. The average Bonchev–Trinajstić information content (AvgIpc) is 2.74. The molecule has 2 aliphatic heterocycles. The molecule has 8 heteroatoms. The first kappa shape index (κ1) is 38.1. The Morgan fingerprint density at radius 3 is 1.69 bits per heavy atom. The Hall–Kier alpha value is 0.938. The van der Waals surface area contributed by atoms with E-state index >= 15 is 0 Å². The minimum atomic E-state index is -0.763. The third-order valence-electron chi connectivity index (χ3n) is 6.95. The van der Waals surface area contributed by atoms with Crippen LogP contribution in [0.5, 0.6) is 0 Å². The van der Waals surface area contributed by atoms with Gasteiger partial charge < -0.3 is 35.6 Å². The number of nitrogens with zero attached hydrogens (tertiary/aromatic N) is 4. The fraction of sp³-hybridized carbons (Fsp3) is 0.852. The number of hydrogen-bond donors (Lipinski definition) is 0. The predicted molar refractivity (Wildman–Crippen MR) is 139 cm³/mol. The fourth-order valence-electron chi connectivity index (χ4n) is 4.85. The minimum absolute atomic E-state index is 0. The SMILES string of the molecule is CC(C)CC(=[N-])C[C-]1CCN(C(C)C)CC1.CC(C)N1CCC([C-]=O)(N([C-]=O)C(C)C)CC1.[Y].[Y]. The van der Waals surface area contributed by atoms with E-state index in [2.05, 4.69) is 57.6 Å². The van der Waals surface area contributed by atoms with E-state index < -0.39 is 5.54 Å². The molecule has 2 fully saturated rings. The van der Waals surface area contributed by atoms with Crippen LogP contribution in [0.3, 0.4) is 0 Å². The van der Waals surface area contributed by atoms with Crippen LogP contribution in [0.1, 0.15) is 93.9 Å². The fourth-order valence-corrected chi connectivity index (χ4v) is 4.85. The van der Waals surface area contributed by atoms with Crippen molar-refractivity contribution in [2.24, 2.45) is 5.92 Å². The third kappa shape index (κ3) is 13.0. The van der Waals surface area contributed by atoms with E-state index in [1.807, 2.05) is 20.3 Å². The summed E-state index contributed by atoms with van der Waals surface area (Å²) in [7, 11) is 0. The van der Waals surface area contributed by atoms with Crippen molar-refractivity contribution in [1.29, 1.82) is 0 Å². The van der Waals surface area contributed by atoms with Crippen molar-refractivity contribution in [2.75, 3.05) is 26.2 Å². The molecule has 35 heavy (non-hydrogen) atoms. The Labute approximate surface area is 266 Å². The van der Waals surface area contributed by atoms with E-state index in [9.17, 15) is 15.0 Å². The van der Waals surface area contributed by atoms with Gasteiger partial charge in [0.1, 0.15) is 0 Å². The van der Waals surface area contributed by atoms with Gasteiger partial charge in [0.05, 0.1) is 0 Å². The second-order valence-electron chi connectivity index (χ2n) is 11.0. The van der Waals surface area contributed by atoms with Crippen LogP contribution in [0.4, 0.5) is 0 Å². The van der Waals surface area contributed by atoms with Crippen molar-refractivity contribution in [2.45, 2.75) is 118 Å². The summed E-state index contributed by atoms with van der Waals surface area (Å²) in [6.07, 6.45) is 9.36. The molecule has 198 valence electrons. The zero-order chi connectivity index (χ0) is 25.2. The molecule has 2 aliphatic rings. The smallest absolute Gasteiger partial charge is 0.00385 e. The molecular formula is C27H48N4O2Y2-4. The summed E-state index contributed by atoms with van der Waals surface area (Å²) in [6, 6.07) is 1.13. The van der Waals surface area contributed by atoms with Crippen LogP contribution in [0.2, 0.25) is 0 Å². The van der Waals surface area contributed by atoms with Gasteiger partial charge in [-0.05, 0) is 92.5 Å². The van der Waals surface area contributed by atoms with Gasteiger partial charge in [-0.1, -0.05) is 25.8 Å². The summed E-state index contributed by atoms with van der Waals surface area (Å²) in [5.74, 6) is 2.10. The molecule has 1 amide bonds.